The molecule has 0 aromatic carbocycles. The Balaban J connectivity index is 1.99. The van der Waals surface area contributed by atoms with E-state index >= 15 is 0 Å². The van der Waals surface area contributed by atoms with Crippen molar-refractivity contribution in [2.24, 2.45) is 5.73 Å². The van der Waals surface area contributed by atoms with E-state index in [2.05, 4.69) is 10.4 Å². The number of hydrogen-bond acceptors (Lipinski definition) is 4. The van der Waals surface area contributed by atoms with E-state index in [0.717, 1.165) is 6.42 Å². The molecule has 0 bridgehead atoms. The molecule has 1 atom stereocenters. The molecule has 1 saturated heterocycles. The lowest BCUT2D eigenvalue weighted by Gasteiger charge is -2.21. The molecule has 0 spiro atoms. The van der Waals surface area contributed by atoms with E-state index < -0.39 is 23.9 Å². The summed E-state index contributed by atoms with van der Waals surface area (Å²) in [5.41, 5.74) is 5.60. The van der Waals surface area contributed by atoms with E-state index in [4.69, 9.17) is 10.8 Å². The van der Waals surface area contributed by atoms with Crippen molar-refractivity contribution in [3.8, 4) is 0 Å². The minimum atomic E-state index is -1.03. The lowest BCUT2D eigenvalue weighted by atomic mass is 10.2. The molecule has 4 N–H and O–H groups in total. The van der Waals surface area contributed by atoms with Gasteiger partial charge in [-0.1, -0.05) is 0 Å². The predicted octanol–water partition coefficient (Wildman–Crippen LogP) is -0.551. The smallest absolute Gasteiger partial charge is 0.325 e. The van der Waals surface area contributed by atoms with Gasteiger partial charge < -0.3 is 21.1 Å². The highest BCUT2D eigenvalue weighted by Gasteiger charge is 2.32. The van der Waals surface area contributed by atoms with Gasteiger partial charge in [-0.3, -0.25) is 14.3 Å². The molecule has 2 heterocycles. The Morgan fingerprint density at radius 1 is 1.50 bits per heavy atom. The van der Waals surface area contributed by atoms with Crippen LogP contribution in [-0.4, -0.2) is 50.3 Å². The third-order valence-electron chi connectivity index (χ3n) is 3.02. The second-order valence-corrected chi connectivity index (χ2v) is 4.50. The summed E-state index contributed by atoms with van der Waals surface area (Å²) in [4.78, 5) is 35.1. The molecule has 1 aromatic heterocycles. The summed E-state index contributed by atoms with van der Waals surface area (Å²) < 4.78 is 1.19. The molecule has 2 rings (SSSR count). The number of hydrogen-bond donors (Lipinski definition) is 3. The molecular weight excluding hydrogens is 266 g/mol. The molecule has 1 aromatic rings. The molecule has 3 amide bonds. The van der Waals surface area contributed by atoms with E-state index in [1.165, 1.54) is 22.0 Å². The van der Waals surface area contributed by atoms with Crippen molar-refractivity contribution in [1.82, 2.24) is 14.7 Å². The zero-order valence-corrected chi connectivity index (χ0v) is 10.7. The Morgan fingerprint density at radius 2 is 2.25 bits per heavy atom. The third-order valence-corrected chi connectivity index (χ3v) is 3.02. The second kappa shape index (κ2) is 5.59. The predicted molar refractivity (Wildman–Crippen MR) is 67.8 cm³/mol. The highest BCUT2D eigenvalue weighted by molar-refractivity contribution is 5.93. The number of nitrogens with zero attached hydrogens (tertiary/aromatic N) is 3. The lowest BCUT2D eigenvalue weighted by molar-refractivity contribution is -0.137. The Kier molecular flexibility index (Phi) is 3.87. The number of aromatic nitrogens is 2. The Bertz CT molecular complexity index is 541. The Hall–Kier alpha value is -2.58. The van der Waals surface area contributed by atoms with Crippen molar-refractivity contribution in [1.29, 1.82) is 0 Å². The number of aliphatic carboxylic acids is 1. The van der Waals surface area contributed by atoms with E-state index in [-0.39, 0.29) is 6.54 Å². The van der Waals surface area contributed by atoms with Gasteiger partial charge in [-0.25, -0.2) is 4.79 Å². The summed E-state index contributed by atoms with van der Waals surface area (Å²) in [5, 5.41) is 15.0. The van der Waals surface area contributed by atoms with Crippen LogP contribution < -0.4 is 11.1 Å². The first-order valence-corrected chi connectivity index (χ1v) is 6.08. The van der Waals surface area contributed by atoms with Gasteiger partial charge >= 0.3 is 12.0 Å². The SMILES string of the molecule is NC(=O)C1CCCN1C(=O)Nc1cnn(CC(=O)O)c1. The van der Waals surface area contributed by atoms with Gasteiger partial charge in [-0.05, 0) is 12.8 Å². The van der Waals surface area contributed by atoms with Gasteiger partial charge in [0.25, 0.3) is 0 Å². The van der Waals surface area contributed by atoms with Crippen molar-refractivity contribution in [2.45, 2.75) is 25.4 Å². The van der Waals surface area contributed by atoms with E-state index in [9.17, 15) is 14.4 Å². The van der Waals surface area contributed by atoms with Gasteiger partial charge in [-0.15, -0.1) is 0 Å². The quantitative estimate of drug-likeness (QED) is 0.681. The maximum Gasteiger partial charge on any atom is 0.325 e. The molecule has 1 aliphatic heterocycles. The number of nitrogens with two attached hydrogens (primary N) is 1. The summed E-state index contributed by atoms with van der Waals surface area (Å²) in [6.07, 6.45) is 4.03. The first-order valence-electron chi connectivity index (χ1n) is 6.08. The topological polar surface area (TPSA) is 131 Å². The number of likely N-dealkylation sites (tertiary alicyclic amines) is 1. The van der Waals surface area contributed by atoms with Crippen LogP contribution in [0, 0.1) is 0 Å². The van der Waals surface area contributed by atoms with Crippen LogP contribution in [-0.2, 0) is 16.1 Å². The molecule has 1 unspecified atom stereocenters. The Labute approximate surface area is 114 Å². The standard InChI is InChI=1S/C11H15N5O4/c12-10(19)8-2-1-3-16(8)11(20)14-7-4-13-15(5-7)6-9(17)18/h4-5,8H,1-3,6H2,(H2,12,19)(H,14,20)(H,17,18). The van der Waals surface area contributed by atoms with Gasteiger partial charge in [0, 0.05) is 12.7 Å². The van der Waals surface area contributed by atoms with Crippen molar-refractivity contribution in [3.05, 3.63) is 12.4 Å². The van der Waals surface area contributed by atoms with Gasteiger partial charge in [-0.2, -0.15) is 5.10 Å². The third kappa shape index (κ3) is 3.05. The van der Waals surface area contributed by atoms with Crippen molar-refractivity contribution >= 4 is 23.6 Å². The fourth-order valence-corrected chi connectivity index (χ4v) is 2.15. The molecular formula is C11H15N5O4. The highest BCUT2D eigenvalue weighted by Crippen LogP contribution is 2.18. The van der Waals surface area contributed by atoms with Crippen molar-refractivity contribution in [3.63, 3.8) is 0 Å². The van der Waals surface area contributed by atoms with Crippen LogP contribution in [0.5, 0.6) is 0 Å². The fourth-order valence-electron chi connectivity index (χ4n) is 2.15. The summed E-state index contributed by atoms with van der Waals surface area (Å²) in [7, 11) is 0. The average molecular weight is 281 g/mol. The van der Waals surface area contributed by atoms with Crippen molar-refractivity contribution in [2.75, 3.05) is 11.9 Å². The van der Waals surface area contributed by atoms with E-state index in [1.54, 1.807) is 0 Å². The van der Waals surface area contributed by atoms with Gasteiger partial charge in [0.1, 0.15) is 12.6 Å². The normalized spacial score (nSPS) is 18.0. The molecule has 108 valence electrons. The largest absolute Gasteiger partial charge is 0.480 e. The van der Waals surface area contributed by atoms with Crippen LogP contribution in [0.25, 0.3) is 0 Å². The van der Waals surface area contributed by atoms with Crippen molar-refractivity contribution < 1.29 is 19.5 Å². The monoisotopic (exact) mass is 281 g/mol. The molecule has 20 heavy (non-hydrogen) atoms. The van der Waals surface area contributed by atoms with Crippen LogP contribution in [0.2, 0.25) is 0 Å². The van der Waals surface area contributed by atoms with E-state index in [1.807, 2.05) is 0 Å². The minimum absolute atomic E-state index is 0.288. The fraction of sp³-hybridized carbons (Fsp3) is 0.455. The van der Waals surface area contributed by atoms with Gasteiger partial charge in [0.05, 0.1) is 11.9 Å². The Morgan fingerprint density at radius 3 is 2.90 bits per heavy atom. The average Bonchev–Trinajstić information content (AvgIpc) is 2.96. The number of carbonyl (C=O) groups is 3. The van der Waals surface area contributed by atoms with Gasteiger partial charge in [0.2, 0.25) is 5.91 Å². The second-order valence-electron chi connectivity index (χ2n) is 4.50. The van der Waals surface area contributed by atoms with Crippen LogP contribution in [0.15, 0.2) is 12.4 Å². The number of primary amides is 1. The number of carbonyl (C=O) groups excluding carboxylic acids is 2. The summed E-state index contributed by atoms with van der Waals surface area (Å²) >= 11 is 0. The first-order chi connectivity index (χ1) is 9.47. The molecule has 0 saturated carbocycles. The van der Waals surface area contributed by atoms with Crippen LogP contribution >= 0.6 is 0 Å². The number of carboxylic acids is 1. The molecule has 0 aliphatic carbocycles. The maximum atomic E-state index is 12.0. The van der Waals surface area contributed by atoms with E-state index in [0.29, 0.717) is 18.7 Å². The molecule has 1 aliphatic rings. The number of nitrogens with one attached hydrogen (secondary N) is 1. The number of urea groups is 1. The zero-order chi connectivity index (χ0) is 14.7. The van der Waals surface area contributed by atoms with Crippen LogP contribution in [0.4, 0.5) is 10.5 Å². The summed E-state index contributed by atoms with van der Waals surface area (Å²) in [5.74, 6) is -1.56. The minimum Gasteiger partial charge on any atom is -0.480 e. The van der Waals surface area contributed by atoms with Crippen LogP contribution in [0.1, 0.15) is 12.8 Å². The number of carboxylic acid groups (broad SMARTS) is 1. The molecule has 9 nitrogen and oxygen atoms in total. The van der Waals surface area contributed by atoms with Crippen LogP contribution in [0.3, 0.4) is 0 Å². The molecule has 9 heteroatoms. The zero-order valence-electron chi connectivity index (χ0n) is 10.7. The highest BCUT2D eigenvalue weighted by atomic mass is 16.4. The number of rotatable bonds is 4. The van der Waals surface area contributed by atoms with Gasteiger partial charge in [0.15, 0.2) is 0 Å². The number of amides is 3. The maximum absolute atomic E-state index is 12.0. The lowest BCUT2D eigenvalue weighted by Crippen LogP contribution is -2.45. The summed E-state index contributed by atoms with van der Waals surface area (Å²) in [6, 6.07) is -1.04. The summed E-state index contributed by atoms with van der Waals surface area (Å²) in [6.45, 7) is 0.173. The molecule has 1 fully saturated rings. The number of anilines is 1. The first kappa shape index (κ1) is 13.8. The molecule has 0 radical (unpaired) electrons.